The van der Waals surface area contributed by atoms with Gasteiger partial charge >= 0.3 is 0 Å². The maximum absolute atomic E-state index is 11.9. The van der Waals surface area contributed by atoms with Gasteiger partial charge in [0.2, 0.25) is 10.0 Å². The molecule has 1 aliphatic rings. The highest BCUT2D eigenvalue weighted by atomic mass is 79.9. The van der Waals surface area contributed by atoms with Crippen LogP contribution in [0.15, 0.2) is 22.9 Å². The topological polar surface area (TPSA) is 62.3 Å². The molecule has 1 atom stereocenters. The molecule has 0 aliphatic carbocycles. The van der Waals surface area contributed by atoms with Gasteiger partial charge in [-0.3, -0.25) is 4.98 Å². The van der Waals surface area contributed by atoms with Crippen LogP contribution >= 0.6 is 15.9 Å². The quantitative estimate of drug-likeness (QED) is 0.903. The first-order chi connectivity index (χ1) is 8.53. The highest BCUT2D eigenvalue weighted by Crippen LogP contribution is 2.24. The monoisotopic (exact) mass is 333 g/mol. The Morgan fingerprint density at radius 1 is 1.56 bits per heavy atom. The van der Waals surface area contributed by atoms with Gasteiger partial charge in [-0.25, -0.2) is 13.1 Å². The minimum absolute atomic E-state index is 0.337. The van der Waals surface area contributed by atoms with E-state index in [-0.39, 0.29) is 5.25 Å². The average molecular weight is 334 g/mol. The SMILES string of the molecule is CCNS(=O)(=O)[C@H]1CCN(c2cncc(Br)c2)C1. The van der Waals surface area contributed by atoms with Crippen LogP contribution in [0.5, 0.6) is 0 Å². The second kappa shape index (κ2) is 5.54. The summed E-state index contributed by atoms with van der Waals surface area (Å²) >= 11 is 3.37. The molecule has 0 spiro atoms. The molecule has 2 heterocycles. The van der Waals surface area contributed by atoms with E-state index >= 15 is 0 Å². The zero-order chi connectivity index (χ0) is 13.2. The van der Waals surface area contributed by atoms with Gasteiger partial charge < -0.3 is 4.90 Å². The molecule has 1 N–H and O–H groups in total. The number of rotatable bonds is 4. The lowest BCUT2D eigenvalue weighted by Crippen LogP contribution is -2.36. The lowest BCUT2D eigenvalue weighted by molar-refractivity contribution is 0.571. The number of pyridine rings is 1. The van der Waals surface area contributed by atoms with E-state index < -0.39 is 10.0 Å². The van der Waals surface area contributed by atoms with Gasteiger partial charge in [0.1, 0.15) is 0 Å². The molecule has 1 fully saturated rings. The maximum atomic E-state index is 11.9. The van der Waals surface area contributed by atoms with Crippen molar-refractivity contribution >= 4 is 31.6 Å². The van der Waals surface area contributed by atoms with Gasteiger partial charge in [0.05, 0.1) is 17.1 Å². The number of hydrogen-bond donors (Lipinski definition) is 1. The summed E-state index contributed by atoms with van der Waals surface area (Å²) in [4.78, 5) is 6.15. The third-order valence-electron chi connectivity index (χ3n) is 2.98. The first kappa shape index (κ1) is 13.8. The fraction of sp³-hybridized carbons (Fsp3) is 0.545. The number of anilines is 1. The molecular formula is C11H16BrN3O2S. The molecule has 5 nitrogen and oxygen atoms in total. The van der Waals surface area contributed by atoms with E-state index in [2.05, 4.69) is 30.5 Å². The van der Waals surface area contributed by atoms with E-state index in [0.717, 1.165) is 16.7 Å². The fourth-order valence-electron chi connectivity index (χ4n) is 2.11. The van der Waals surface area contributed by atoms with Gasteiger partial charge in [0.25, 0.3) is 0 Å². The molecule has 1 aromatic heterocycles. The van der Waals surface area contributed by atoms with Crippen molar-refractivity contribution in [2.45, 2.75) is 18.6 Å². The molecule has 0 saturated carbocycles. The predicted octanol–water partition coefficient (Wildman–Crippen LogP) is 1.36. The van der Waals surface area contributed by atoms with Crippen LogP contribution in [0.2, 0.25) is 0 Å². The molecular weight excluding hydrogens is 318 g/mol. The third-order valence-corrected chi connectivity index (χ3v) is 5.37. The van der Waals surface area contributed by atoms with Crippen LogP contribution < -0.4 is 9.62 Å². The summed E-state index contributed by atoms with van der Waals surface area (Å²) in [5.74, 6) is 0. The van der Waals surface area contributed by atoms with E-state index in [1.54, 1.807) is 19.3 Å². The fourth-order valence-corrected chi connectivity index (χ4v) is 3.89. The van der Waals surface area contributed by atoms with Crippen LogP contribution in [0.3, 0.4) is 0 Å². The first-order valence-electron chi connectivity index (χ1n) is 5.87. The smallest absolute Gasteiger partial charge is 0.216 e. The summed E-state index contributed by atoms with van der Waals surface area (Å²) in [6, 6.07) is 1.95. The predicted molar refractivity (Wildman–Crippen MR) is 75.2 cm³/mol. The summed E-state index contributed by atoms with van der Waals surface area (Å²) in [7, 11) is -3.18. The van der Waals surface area contributed by atoms with Crippen LogP contribution in [0, 0.1) is 0 Å². The van der Waals surface area contributed by atoms with Gasteiger partial charge in [-0.05, 0) is 28.4 Å². The van der Waals surface area contributed by atoms with Crippen molar-refractivity contribution in [1.82, 2.24) is 9.71 Å². The minimum atomic E-state index is -3.18. The molecule has 18 heavy (non-hydrogen) atoms. The lowest BCUT2D eigenvalue weighted by atomic mass is 10.4. The van der Waals surface area contributed by atoms with E-state index in [1.165, 1.54) is 0 Å². The molecule has 1 aromatic rings. The Hall–Kier alpha value is -0.660. The van der Waals surface area contributed by atoms with Gasteiger partial charge in [-0.15, -0.1) is 0 Å². The van der Waals surface area contributed by atoms with Crippen molar-refractivity contribution in [3.63, 3.8) is 0 Å². The molecule has 0 aromatic carbocycles. The third kappa shape index (κ3) is 3.02. The second-order valence-corrected chi connectivity index (χ2v) is 7.22. The van der Waals surface area contributed by atoms with Crippen molar-refractivity contribution in [1.29, 1.82) is 0 Å². The Kier molecular flexibility index (Phi) is 4.24. The van der Waals surface area contributed by atoms with Crippen molar-refractivity contribution in [2.24, 2.45) is 0 Å². The van der Waals surface area contributed by atoms with Gasteiger partial charge in [0.15, 0.2) is 0 Å². The summed E-state index contributed by atoms with van der Waals surface area (Å²) in [5.41, 5.74) is 0.957. The van der Waals surface area contributed by atoms with Crippen molar-refractivity contribution < 1.29 is 8.42 Å². The molecule has 7 heteroatoms. The summed E-state index contributed by atoms with van der Waals surface area (Å²) < 4.78 is 27.3. The van der Waals surface area contributed by atoms with Crippen molar-refractivity contribution in [2.75, 3.05) is 24.5 Å². The zero-order valence-corrected chi connectivity index (χ0v) is 12.5. The zero-order valence-electron chi connectivity index (χ0n) is 10.1. The Balaban J connectivity index is 2.09. The molecule has 0 bridgehead atoms. The lowest BCUT2D eigenvalue weighted by Gasteiger charge is -2.18. The number of halogens is 1. The molecule has 100 valence electrons. The number of nitrogens with one attached hydrogen (secondary N) is 1. The van der Waals surface area contributed by atoms with E-state index in [9.17, 15) is 8.42 Å². The summed E-state index contributed by atoms with van der Waals surface area (Å²) in [6.07, 6.45) is 4.13. The Bertz CT molecular complexity index is 521. The van der Waals surface area contributed by atoms with Gasteiger partial charge in [-0.2, -0.15) is 0 Å². The molecule has 1 aliphatic heterocycles. The van der Waals surface area contributed by atoms with E-state index in [0.29, 0.717) is 19.5 Å². The number of hydrogen-bond acceptors (Lipinski definition) is 4. The normalized spacial score (nSPS) is 20.3. The van der Waals surface area contributed by atoms with Crippen molar-refractivity contribution in [3.05, 3.63) is 22.9 Å². The minimum Gasteiger partial charge on any atom is -0.369 e. The van der Waals surface area contributed by atoms with Crippen LogP contribution in [-0.2, 0) is 10.0 Å². The standard InChI is InChI=1S/C11H16BrN3O2S/c1-2-14-18(16,17)11-3-4-15(8-11)10-5-9(12)6-13-7-10/h5-7,11,14H,2-4,8H2,1H3/t11-/m0/s1. The number of nitrogens with zero attached hydrogens (tertiary/aromatic N) is 2. The Morgan fingerprint density at radius 2 is 2.33 bits per heavy atom. The largest absolute Gasteiger partial charge is 0.369 e. The van der Waals surface area contributed by atoms with Crippen LogP contribution in [0.25, 0.3) is 0 Å². The van der Waals surface area contributed by atoms with Crippen LogP contribution in [-0.4, -0.2) is 38.3 Å². The summed E-state index contributed by atoms with van der Waals surface area (Å²) in [5, 5.41) is -0.337. The number of sulfonamides is 1. The van der Waals surface area contributed by atoms with E-state index in [4.69, 9.17) is 0 Å². The molecule has 0 radical (unpaired) electrons. The van der Waals surface area contributed by atoms with E-state index in [1.807, 2.05) is 6.07 Å². The molecule has 1 saturated heterocycles. The second-order valence-electron chi connectivity index (χ2n) is 4.26. The van der Waals surface area contributed by atoms with Gasteiger partial charge in [-0.1, -0.05) is 6.92 Å². The van der Waals surface area contributed by atoms with Crippen LogP contribution in [0.4, 0.5) is 5.69 Å². The molecule has 0 amide bonds. The van der Waals surface area contributed by atoms with Crippen LogP contribution in [0.1, 0.15) is 13.3 Å². The molecule has 0 unspecified atom stereocenters. The summed E-state index contributed by atoms with van der Waals surface area (Å²) in [6.45, 7) is 3.50. The maximum Gasteiger partial charge on any atom is 0.216 e. The Morgan fingerprint density at radius 3 is 3.00 bits per heavy atom. The Labute approximate surface area is 116 Å². The van der Waals surface area contributed by atoms with Gasteiger partial charge in [0, 0.05) is 30.3 Å². The molecule has 2 rings (SSSR count). The highest BCUT2D eigenvalue weighted by Gasteiger charge is 2.32. The highest BCUT2D eigenvalue weighted by molar-refractivity contribution is 9.10. The first-order valence-corrected chi connectivity index (χ1v) is 8.21. The number of aromatic nitrogens is 1. The average Bonchev–Trinajstić information content (AvgIpc) is 2.78. The van der Waals surface area contributed by atoms with Crippen molar-refractivity contribution in [3.8, 4) is 0 Å².